The molecule has 35 heavy (non-hydrogen) atoms. The molecule has 0 amide bonds. The van der Waals surface area contributed by atoms with Crippen molar-refractivity contribution in [1.82, 2.24) is 9.55 Å². The van der Waals surface area contributed by atoms with Gasteiger partial charge in [0.05, 0.1) is 32.4 Å². The van der Waals surface area contributed by atoms with E-state index in [2.05, 4.69) is 114 Å². The number of hydrogen-bond donors (Lipinski definition) is 0. The summed E-state index contributed by atoms with van der Waals surface area (Å²) in [6.07, 6.45) is 0. The molecule has 0 unspecified atom stereocenters. The first kappa shape index (κ1) is 19.4. The number of nitrogens with zero attached hydrogens (tertiary/aromatic N) is 2. The maximum absolute atomic E-state index is 4.59. The lowest BCUT2D eigenvalue weighted by Crippen LogP contribution is -2.15. The minimum atomic E-state index is -0.0976. The molecule has 5 aromatic carbocycles. The predicted octanol–water partition coefficient (Wildman–Crippen LogP) is 8.85. The maximum Gasteiger partial charge on any atom is 0.0833 e. The number of fused-ring (bicyclic) bond motifs is 9. The fraction of sp³-hybridized carbons (Fsp3) is 0.0938. The van der Waals surface area contributed by atoms with Crippen molar-refractivity contribution in [3.05, 3.63) is 108 Å². The van der Waals surface area contributed by atoms with Crippen LogP contribution in [0.3, 0.4) is 0 Å². The number of aromatic nitrogens is 2. The monoisotopic (exact) mass is 466 g/mol. The Morgan fingerprint density at radius 1 is 0.743 bits per heavy atom. The van der Waals surface area contributed by atoms with E-state index in [0.29, 0.717) is 0 Å². The molecule has 7 aromatic rings. The van der Waals surface area contributed by atoms with Crippen molar-refractivity contribution in [1.29, 1.82) is 0 Å². The summed E-state index contributed by atoms with van der Waals surface area (Å²) < 4.78 is 3.67. The molecular weight excluding hydrogens is 444 g/mol. The van der Waals surface area contributed by atoms with Gasteiger partial charge in [0.25, 0.3) is 0 Å². The third-order valence-electron chi connectivity index (χ3n) is 7.89. The summed E-state index contributed by atoms with van der Waals surface area (Å²) in [5, 5.41) is 5.29. The van der Waals surface area contributed by atoms with Gasteiger partial charge in [-0.3, -0.25) is 0 Å². The average molecular weight is 467 g/mol. The first-order valence-electron chi connectivity index (χ1n) is 12.1. The van der Waals surface area contributed by atoms with E-state index in [1.54, 1.807) is 11.3 Å². The molecule has 2 aromatic heterocycles. The largest absolute Gasteiger partial charge is 0.308 e. The second-order valence-corrected chi connectivity index (χ2v) is 10.9. The van der Waals surface area contributed by atoms with Crippen molar-refractivity contribution in [2.45, 2.75) is 19.3 Å². The fourth-order valence-electron chi connectivity index (χ4n) is 6.36. The van der Waals surface area contributed by atoms with Crippen LogP contribution in [0.5, 0.6) is 0 Å². The van der Waals surface area contributed by atoms with E-state index < -0.39 is 0 Å². The lowest BCUT2D eigenvalue weighted by atomic mass is 9.80. The van der Waals surface area contributed by atoms with Gasteiger partial charge in [-0.25, -0.2) is 4.98 Å². The van der Waals surface area contributed by atoms with E-state index in [9.17, 15) is 0 Å². The number of thiazole rings is 1. The van der Waals surface area contributed by atoms with Gasteiger partial charge in [-0.1, -0.05) is 68.4 Å². The molecule has 0 fully saturated rings. The summed E-state index contributed by atoms with van der Waals surface area (Å²) in [5.41, 5.74) is 12.2. The molecule has 0 N–H and O–H groups in total. The van der Waals surface area contributed by atoms with E-state index in [1.165, 1.54) is 65.2 Å². The van der Waals surface area contributed by atoms with Crippen LogP contribution in [0.2, 0.25) is 0 Å². The van der Waals surface area contributed by atoms with Crippen LogP contribution < -0.4 is 0 Å². The lowest BCUT2D eigenvalue weighted by molar-refractivity contribution is 0.667. The minimum absolute atomic E-state index is 0.0976. The molecule has 1 aliphatic carbocycles. The average Bonchev–Trinajstić information content (AvgIpc) is 3.55. The number of hydrogen-bond acceptors (Lipinski definition) is 2. The normalized spacial score (nSPS) is 14.2. The highest BCUT2D eigenvalue weighted by Gasteiger charge is 2.38. The van der Waals surface area contributed by atoms with Gasteiger partial charge in [-0.05, 0) is 69.4 Å². The molecule has 8 rings (SSSR count). The molecule has 3 heteroatoms. The molecular formula is C32H22N2S. The molecule has 0 atom stereocenters. The summed E-state index contributed by atoms with van der Waals surface area (Å²) in [5.74, 6) is 0. The Hall–Kier alpha value is -3.95. The molecule has 0 radical (unpaired) electrons. The van der Waals surface area contributed by atoms with E-state index in [4.69, 9.17) is 0 Å². The van der Waals surface area contributed by atoms with E-state index >= 15 is 0 Å². The molecule has 0 saturated heterocycles. The quantitative estimate of drug-likeness (QED) is 0.236. The Labute approximate surface area is 207 Å². The van der Waals surface area contributed by atoms with Crippen molar-refractivity contribution in [2.24, 2.45) is 0 Å². The van der Waals surface area contributed by atoms with Crippen molar-refractivity contribution in [3.63, 3.8) is 0 Å². The fourth-order valence-corrected chi connectivity index (χ4v) is 7.15. The smallest absolute Gasteiger partial charge is 0.0833 e. The first-order chi connectivity index (χ1) is 17.1. The molecule has 166 valence electrons. The number of rotatable bonds is 1. The zero-order chi connectivity index (χ0) is 23.3. The highest BCUT2D eigenvalue weighted by Crippen LogP contribution is 2.54. The Morgan fingerprint density at radius 3 is 2.43 bits per heavy atom. The van der Waals surface area contributed by atoms with Gasteiger partial charge in [0, 0.05) is 16.2 Å². The van der Waals surface area contributed by atoms with Gasteiger partial charge in [0.2, 0.25) is 0 Å². The molecule has 0 spiro atoms. The van der Waals surface area contributed by atoms with Crippen LogP contribution in [0.1, 0.15) is 25.0 Å². The lowest BCUT2D eigenvalue weighted by Gasteiger charge is -2.23. The van der Waals surface area contributed by atoms with Crippen LogP contribution in [-0.4, -0.2) is 9.55 Å². The van der Waals surface area contributed by atoms with Gasteiger partial charge >= 0.3 is 0 Å². The highest BCUT2D eigenvalue weighted by molar-refractivity contribution is 7.17. The van der Waals surface area contributed by atoms with Crippen LogP contribution in [0.4, 0.5) is 0 Å². The summed E-state index contributed by atoms with van der Waals surface area (Å²) in [6, 6.07) is 33.5. The van der Waals surface area contributed by atoms with Crippen molar-refractivity contribution >= 4 is 54.1 Å². The van der Waals surface area contributed by atoms with Gasteiger partial charge < -0.3 is 4.57 Å². The van der Waals surface area contributed by atoms with Gasteiger partial charge in [0.1, 0.15) is 0 Å². The Balaban J connectivity index is 1.54. The van der Waals surface area contributed by atoms with Crippen molar-refractivity contribution < 1.29 is 0 Å². The molecule has 1 aliphatic rings. The van der Waals surface area contributed by atoms with Gasteiger partial charge in [0.15, 0.2) is 0 Å². The predicted molar refractivity (Wildman–Crippen MR) is 149 cm³/mol. The van der Waals surface area contributed by atoms with Gasteiger partial charge in [-0.2, -0.15) is 0 Å². The Bertz CT molecular complexity index is 1990. The van der Waals surface area contributed by atoms with Crippen LogP contribution in [0.25, 0.3) is 59.6 Å². The summed E-state index contributed by atoms with van der Waals surface area (Å²) in [4.78, 5) is 4.59. The van der Waals surface area contributed by atoms with E-state index in [-0.39, 0.29) is 5.41 Å². The van der Waals surface area contributed by atoms with Crippen molar-refractivity contribution in [3.8, 4) is 16.8 Å². The minimum Gasteiger partial charge on any atom is -0.308 e. The summed E-state index contributed by atoms with van der Waals surface area (Å²) >= 11 is 1.71. The van der Waals surface area contributed by atoms with Crippen LogP contribution in [0.15, 0.2) is 96.5 Å². The van der Waals surface area contributed by atoms with Crippen LogP contribution in [-0.2, 0) is 5.41 Å². The summed E-state index contributed by atoms with van der Waals surface area (Å²) in [7, 11) is 0. The zero-order valence-electron chi connectivity index (χ0n) is 19.5. The molecule has 2 nitrogen and oxygen atoms in total. The molecule has 0 aliphatic heterocycles. The first-order valence-corrected chi connectivity index (χ1v) is 12.9. The van der Waals surface area contributed by atoms with Crippen LogP contribution in [0, 0.1) is 0 Å². The third kappa shape index (κ3) is 2.41. The van der Waals surface area contributed by atoms with Crippen molar-refractivity contribution in [2.75, 3.05) is 0 Å². The SMILES string of the molecule is CC1(C)c2cc3ccccc3cc2-c2ccc3c(c21)c1ccccc1n3-c1cccc2ncsc12. The second kappa shape index (κ2) is 6.59. The van der Waals surface area contributed by atoms with E-state index in [1.807, 2.05) is 5.51 Å². The summed E-state index contributed by atoms with van der Waals surface area (Å²) in [6.45, 7) is 4.78. The Morgan fingerprint density at radius 2 is 1.54 bits per heavy atom. The standard InChI is InChI=1S/C32H22N2S/c1-32(2)24-17-20-9-4-3-8-19(20)16-23(24)21-14-15-27-29(30(21)32)22-10-5-6-12-26(22)34(27)28-13-7-11-25-31(28)35-18-33-25/h3-18H,1-2H3. The molecule has 2 heterocycles. The Kier molecular flexibility index (Phi) is 3.64. The highest BCUT2D eigenvalue weighted by atomic mass is 32.1. The molecule has 0 saturated carbocycles. The zero-order valence-corrected chi connectivity index (χ0v) is 20.4. The molecule has 0 bridgehead atoms. The van der Waals surface area contributed by atoms with E-state index in [0.717, 1.165) is 5.52 Å². The third-order valence-corrected chi connectivity index (χ3v) is 8.75. The number of para-hydroxylation sites is 1. The number of benzene rings is 5. The topological polar surface area (TPSA) is 17.8 Å². The van der Waals surface area contributed by atoms with Gasteiger partial charge in [-0.15, -0.1) is 11.3 Å². The second-order valence-electron chi connectivity index (χ2n) is 10.1. The van der Waals surface area contributed by atoms with Crippen LogP contribution >= 0.6 is 11.3 Å². The maximum atomic E-state index is 4.59.